The minimum Gasteiger partial charge on any atom is -0.507 e. The zero-order valence-electron chi connectivity index (χ0n) is 9.94. The number of phenolic OH excluding ortho intramolecular Hbond substituents is 1. The Morgan fingerprint density at radius 3 is 2.63 bits per heavy atom. The normalized spacial score (nSPS) is 14.6. The maximum absolute atomic E-state index is 12.2. The van der Waals surface area contributed by atoms with Crippen molar-refractivity contribution in [2.45, 2.75) is 6.42 Å². The van der Waals surface area contributed by atoms with Gasteiger partial charge < -0.3 is 15.5 Å². The number of nitrogens with one attached hydrogen (secondary N) is 1. The Labute approximate surface area is 114 Å². The van der Waals surface area contributed by atoms with Crippen molar-refractivity contribution in [3.8, 4) is 5.75 Å². The molecule has 100 valence electrons. The summed E-state index contributed by atoms with van der Waals surface area (Å²) in [5.41, 5.74) is 0.0734. The van der Waals surface area contributed by atoms with E-state index in [1.165, 1.54) is 18.2 Å². The third-order valence-corrected chi connectivity index (χ3v) is 3.16. The van der Waals surface area contributed by atoms with Crippen molar-refractivity contribution < 1.29 is 19.8 Å². The first-order valence-corrected chi connectivity index (χ1v) is 6.11. The van der Waals surface area contributed by atoms with E-state index in [-0.39, 0.29) is 34.2 Å². The first kappa shape index (κ1) is 13.6. The lowest BCUT2D eigenvalue weighted by molar-refractivity contribution is 0.0972. The molecule has 0 saturated carbocycles. The summed E-state index contributed by atoms with van der Waals surface area (Å²) in [6, 6.07) is 4.29. The lowest BCUT2D eigenvalue weighted by Crippen LogP contribution is -2.30. The number of aromatic hydroxyl groups is 1. The molecule has 19 heavy (non-hydrogen) atoms. The quantitative estimate of drug-likeness (QED) is 0.722. The second kappa shape index (κ2) is 5.42. The Balaban J connectivity index is 2.41. The molecule has 0 fully saturated rings. The summed E-state index contributed by atoms with van der Waals surface area (Å²) in [7, 11) is 0. The van der Waals surface area contributed by atoms with Gasteiger partial charge in [-0.15, -0.1) is 0 Å². The smallest absolute Gasteiger partial charge is 0.211 e. The summed E-state index contributed by atoms with van der Waals surface area (Å²) >= 11 is 5.88. The third kappa shape index (κ3) is 2.34. The molecule has 0 aromatic heterocycles. The molecule has 0 heterocycles. The maximum atomic E-state index is 12.2. The van der Waals surface area contributed by atoms with Gasteiger partial charge in [0.1, 0.15) is 16.5 Å². The number of aliphatic hydroxyl groups excluding tert-OH is 1. The average molecular weight is 282 g/mol. The van der Waals surface area contributed by atoms with Gasteiger partial charge in [0.05, 0.1) is 5.56 Å². The van der Waals surface area contributed by atoms with Crippen LogP contribution in [0.4, 0.5) is 0 Å². The van der Waals surface area contributed by atoms with Crippen LogP contribution < -0.4 is 5.32 Å². The summed E-state index contributed by atoms with van der Waals surface area (Å²) < 4.78 is 0. The van der Waals surface area contributed by atoms with Crippen LogP contribution in [0.15, 0.2) is 28.9 Å². The standard InChI is InChI=1S/C13H12ClNO4/c14-10-11(15-5-2-6-16)12(18)7-3-1-4-8(17)9(7)13(10)19/h1,3-4,15-17H,2,5-6H2. The van der Waals surface area contributed by atoms with Gasteiger partial charge in [0, 0.05) is 18.7 Å². The van der Waals surface area contributed by atoms with Crippen molar-refractivity contribution in [3.63, 3.8) is 0 Å². The van der Waals surface area contributed by atoms with Crippen molar-refractivity contribution in [2.75, 3.05) is 13.2 Å². The fourth-order valence-electron chi connectivity index (χ4n) is 1.88. The number of hydrogen-bond donors (Lipinski definition) is 3. The van der Waals surface area contributed by atoms with E-state index in [1.54, 1.807) is 0 Å². The summed E-state index contributed by atoms with van der Waals surface area (Å²) in [6.07, 6.45) is 0.433. The lowest BCUT2D eigenvalue weighted by atomic mass is 9.91. The Morgan fingerprint density at radius 1 is 1.21 bits per heavy atom. The molecule has 1 aliphatic carbocycles. The largest absolute Gasteiger partial charge is 0.507 e. The van der Waals surface area contributed by atoms with Crippen LogP contribution in [0.5, 0.6) is 5.75 Å². The SMILES string of the molecule is O=C1C(NCCCO)=C(Cl)C(=O)c2c(O)cccc21. The number of hydrogen-bond acceptors (Lipinski definition) is 5. The summed E-state index contributed by atoms with van der Waals surface area (Å²) in [5.74, 6) is -1.28. The van der Waals surface area contributed by atoms with Crippen LogP contribution in [0.2, 0.25) is 0 Å². The predicted molar refractivity (Wildman–Crippen MR) is 69.4 cm³/mol. The molecule has 0 aliphatic heterocycles. The topological polar surface area (TPSA) is 86.6 Å². The van der Waals surface area contributed by atoms with E-state index in [2.05, 4.69) is 5.32 Å². The molecule has 2 rings (SSSR count). The summed E-state index contributed by atoms with van der Waals surface area (Å²) in [4.78, 5) is 24.2. The number of phenols is 1. The van der Waals surface area contributed by atoms with Crippen molar-refractivity contribution >= 4 is 23.2 Å². The molecule has 0 spiro atoms. The molecular weight excluding hydrogens is 270 g/mol. The highest BCUT2D eigenvalue weighted by Gasteiger charge is 2.33. The molecule has 0 bridgehead atoms. The van der Waals surface area contributed by atoms with Crippen LogP contribution in [0.3, 0.4) is 0 Å². The molecule has 1 aromatic rings. The van der Waals surface area contributed by atoms with E-state index >= 15 is 0 Å². The number of carbonyl (C=O) groups excluding carboxylic acids is 2. The van der Waals surface area contributed by atoms with Gasteiger partial charge in [-0.05, 0) is 18.6 Å². The molecule has 0 radical (unpaired) electrons. The summed E-state index contributed by atoms with van der Waals surface area (Å²) in [5, 5.41) is 20.9. The number of Topliss-reactive ketones (excluding diaryl/α,β-unsaturated/α-hetero) is 2. The molecule has 1 aromatic carbocycles. The van der Waals surface area contributed by atoms with Gasteiger partial charge in [0.15, 0.2) is 0 Å². The van der Waals surface area contributed by atoms with Crippen molar-refractivity contribution in [1.29, 1.82) is 0 Å². The minimum atomic E-state index is -0.583. The number of allylic oxidation sites excluding steroid dienone is 2. The second-order valence-corrected chi connectivity index (χ2v) is 4.43. The molecule has 0 unspecified atom stereocenters. The van der Waals surface area contributed by atoms with Gasteiger partial charge in [0.2, 0.25) is 11.6 Å². The molecule has 5 nitrogen and oxygen atoms in total. The molecular formula is C13H12ClNO4. The fourth-order valence-corrected chi connectivity index (χ4v) is 2.12. The van der Waals surface area contributed by atoms with Crippen LogP contribution in [0.25, 0.3) is 0 Å². The third-order valence-electron chi connectivity index (χ3n) is 2.80. The van der Waals surface area contributed by atoms with E-state index in [0.29, 0.717) is 13.0 Å². The van der Waals surface area contributed by atoms with Crippen molar-refractivity contribution in [1.82, 2.24) is 5.32 Å². The number of carbonyl (C=O) groups is 2. The van der Waals surface area contributed by atoms with E-state index in [1.807, 2.05) is 0 Å². The molecule has 0 amide bonds. The van der Waals surface area contributed by atoms with E-state index in [4.69, 9.17) is 16.7 Å². The molecule has 3 N–H and O–H groups in total. The zero-order valence-corrected chi connectivity index (χ0v) is 10.7. The van der Waals surface area contributed by atoms with Crippen LogP contribution in [-0.2, 0) is 0 Å². The highest BCUT2D eigenvalue weighted by molar-refractivity contribution is 6.50. The van der Waals surface area contributed by atoms with Crippen LogP contribution in [0, 0.1) is 0 Å². The molecule has 1 aliphatic rings. The van der Waals surface area contributed by atoms with Crippen LogP contribution in [-0.4, -0.2) is 34.9 Å². The first-order valence-electron chi connectivity index (χ1n) is 5.73. The van der Waals surface area contributed by atoms with Gasteiger partial charge in [-0.1, -0.05) is 17.7 Å². The zero-order chi connectivity index (χ0) is 14.0. The maximum Gasteiger partial charge on any atom is 0.211 e. The monoisotopic (exact) mass is 281 g/mol. The highest BCUT2D eigenvalue weighted by atomic mass is 35.5. The number of benzene rings is 1. The van der Waals surface area contributed by atoms with E-state index < -0.39 is 11.6 Å². The Hall–Kier alpha value is -1.85. The number of rotatable bonds is 4. The van der Waals surface area contributed by atoms with Gasteiger partial charge in [-0.3, -0.25) is 9.59 Å². The molecule has 6 heteroatoms. The average Bonchev–Trinajstić information content (AvgIpc) is 2.40. The van der Waals surface area contributed by atoms with Gasteiger partial charge in [0.25, 0.3) is 0 Å². The first-order chi connectivity index (χ1) is 9.07. The van der Waals surface area contributed by atoms with Gasteiger partial charge in [-0.2, -0.15) is 0 Å². The summed E-state index contributed by atoms with van der Waals surface area (Å²) in [6.45, 7) is 0.298. The van der Waals surface area contributed by atoms with Crippen molar-refractivity contribution in [3.05, 3.63) is 40.1 Å². The minimum absolute atomic E-state index is 0.0122. The number of ketones is 2. The highest BCUT2D eigenvalue weighted by Crippen LogP contribution is 2.32. The van der Waals surface area contributed by atoms with Gasteiger partial charge in [-0.25, -0.2) is 0 Å². The van der Waals surface area contributed by atoms with Crippen LogP contribution in [0.1, 0.15) is 27.1 Å². The van der Waals surface area contributed by atoms with E-state index in [9.17, 15) is 14.7 Å². The lowest BCUT2D eigenvalue weighted by Gasteiger charge is -2.19. The Kier molecular flexibility index (Phi) is 3.87. The Bertz CT molecular complexity index is 580. The molecule has 0 saturated heterocycles. The number of halogens is 1. The second-order valence-electron chi connectivity index (χ2n) is 4.05. The van der Waals surface area contributed by atoms with Crippen molar-refractivity contribution in [2.24, 2.45) is 0 Å². The predicted octanol–water partition coefficient (Wildman–Crippen LogP) is 1.19. The fraction of sp³-hybridized carbons (Fsp3) is 0.231. The number of aliphatic hydroxyl groups is 1. The number of fused-ring (bicyclic) bond motifs is 1. The van der Waals surface area contributed by atoms with Gasteiger partial charge >= 0.3 is 0 Å². The van der Waals surface area contributed by atoms with E-state index in [0.717, 1.165) is 0 Å². The molecule has 0 atom stereocenters. The van der Waals surface area contributed by atoms with Crippen LogP contribution >= 0.6 is 11.6 Å². The Morgan fingerprint density at radius 2 is 1.95 bits per heavy atom.